The third-order valence-corrected chi connectivity index (χ3v) is 6.70. The standard InChI is InChI=1S/C23H21ClN4O3S/c1-16-9-10-18(14-22(16)32(30,31)27-19-6-4-5-17(24)13-19)26-23(29)11-12-28-15-25-20-7-2-3-8-21(20)28/h2-10,13-15,27H,11-12H2,1H3,(H,26,29). The monoisotopic (exact) mass is 468 g/mol. The molecule has 0 aliphatic carbocycles. The molecule has 0 saturated heterocycles. The van der Waals surface area contributed by atoms with Gasteiger partial charge in [0.15, 0.2) is 0 Å². The number of imidazole rings is 1. The number of hydrogen-bond donors (Lipinski definition) is 2. The molecule has 0 aliphatic rings. The fraction of sp³-hybridized carbons (Fsp3) is 0.130. The van der Waals surface area contributed by atoms with Crippen molar-refractivity contribution < 1.29 is 13.2 Å². The number of para-hydroxylation sites is 2. The maximum atomic E-state index is 12.9. The van der Waals surface area contributed by atoms with Gasteiger partial charge in [-0.2, -0.15) is 0 Å². The third kappa shape index (κ3) is 4.92. The van der Waals surface area contributed by atoms with Crippen LogP contribution in [0.4, 0.5) is 11.4 Å². The number of aromatic nitrogens is 2. The highest BCUT2D eigenvalue weighted by Crippen LogP contribution is 2.24. The summed E-state index contributed by atoms with van der Waals surface area (Å²) in [4.78, 5) is 16.9. The van der Waals surface area contributed by atoms with Gasteiger partial charge in [-0.25, -0.2) is 13.4 Å². The van der Waals surface area contributed by atoms with Crippen molar-refractivity contribution in [3.05, 3.63) is 83.6 Å². The Morgan fingerprint density at radius 3 is 2.66 bits per heavy atom. The summed E-state index contributed by atoms with van der Waals surface area (Å²) in [6, 6.07) is 19.0. The lowest BCUT2D eigenvalue weighted by molar-refractivity contribution is -0.116. The van der Waals surface area contributed by atoms with Gasteiger partial charge in [-0.1, -0.05) is 35.9 Å². The summed E-state index contributed by atoms with van der Waals surface area (Å²) in [7, 11) is -3.86. The maximum absolute atomic E-state index is 12.9. The van der Waals surface area contributed by atoms with Gasteiger partial charge in [-0.15, -0.1) is 0 Å². The predicted molar refractivity (Wildman–Crippen MR) is 126 cm³/mol. The largest absolute Gasteiger partial charge is 0.330 e. The van der Waals surface area contributed by atoms with Crippen LogP contribution < -0.4 is 10.0 Å². The fourth-order valence-corrected chi connectivity index (χ4v) is 4.87. The maximum Gasteiger partial charge on any atom is 0.262 e. The first-order valence-electron chi connectivity index (χ1n) is 9.90. The number of carbonyl (C=O) groups excluding carboxylic acids is 1. The summed E-state index contributed by atoms with van der Waals surface area (Å²) in [6.45, 7) is 2.15. The summed E-state index contributed by atoms with van der Waals surface area (Å²) in [5, 5.41) is 3.20. The molecule has 0 saturated carbocycles. The lowest BCUT2D eigenvalue weighted by Crippen LogP contribution is -2.17. The summed E-state index contributed by atoms with van der Waals surface area (Å²) in [6.07, 6.45) is 1.92. The van der Waals surface area contributed by atoms with Crippen LogP contribution in [0.3, 0.4) is 0 Å². The average molecular weight is 469 g/mol. The Hall–Kier alpha value is -3.36. The Morgan fingerprint density at radius 2 is 1.84 bits per heavy atom. The molecule has 0 atom stereocenters. The Bertz CT molecular complexity index is 1400. The van der Waals surface area contributed by atoms with E-state index in [1.807, 2.05) is 28.8 Å². The van der Waals surface area contributed by atoms with Gasteiger partial charge in [-0.3, -0.25) is 9.52 Å². The van der Waals surface area contributed by atoms with E-state index in [4.69, 9.17) is 11.6 Å². The normalized spacial score (nSPS) is 11.4. The number of anilines is 2. The minimum atomic E-state index is -3.86. The van der Waals surface area contributed by atoms with Gasteiger partial charge in [-0.05, 0) is 55.0 Å². The quantitative estimate of drug-likeness (QED) is 0.406. The number of rotatable bonds is 7. The molecule has 4 aromatic rings. The Morgan fingerprint density at radius 1 is 1.03 bits per heavy atom. The number of hydrogen-bond acceptors (Lipinski definition) is 4. The number of nitrogens with one attached hydrogen (secondary N) is 2. The average Bonchev–Trinajstić information content (AvgIpc) is 3.16. The Kier molecular flexibility index (Phi) is 6.16. The van der Waals surface area contributed by atoms with Gasteiger partial charge in [0.1, 0.15) is 0 Å². The molecule has 3 aromatic carbocycles. The fourth-order valence-electron chi connectivity index (χ4n) is 3.36. The van der Waals surface area contributed by atoms with Crippen molar-refractivity contribution in [1.82, 2.24) is 9.55 Å². The van der Waals surface area contributed by atoms with Gasteiger partial charge >= 0.3 is 0 Å². The first kappa shape index (κ1) is 21.9. The minimum absolute atomic E-state index is 0.0795. The zero-order valence-corrected chi connectivity index (χ0v) is 18.8. The second kappa shape index (κ2) is 9.02. The van der Waals surface area contributed by atoms with Crippen LogP contribution in [0.25, 0.3) is 11.0 Å². The lowest BCUT2D eigenvalue weighted by Gasteiger charge is -2.13. The molecule has 1 aromatic heterocycles. The van der Waals surface area contributed by atoms with E-state index in [9.17, 15) is 13.2 Å². The highest BCUT2D eigenvalue weighted by atomic mass is 35.5. The molecular formula is C23H21ClN4O3S. The van der Waals surface area contributed by atoms with Crippen LogP contribution in [0.5, 0.6) is 0 Å². The molecule has 32 heavy (non-hydrogen) atoms. The molecule has 1 amide bonds. The predicted octanol–water partition coefficient (Wildman–Crippen LogP) is 4.83. The van der Waals surface area contributed by atoms with Crippen LogP contribution in [0.15, 0.2) is 78.0 Å². The zero-order chi connectivity index (χ0) is 22.7. The van der Waals surface area contributed by atoms with Gasteiger partial charge < -0.3 is 9.88 Å². The zero-order valence-electron chi connectivity index (χ0n) is 17.2. The number of amides is 1. The second-order valence-electron chi connectivity index (χ2n) is 7.32. The van der Waals surface area contributed by atoms with Crippen LogP contribution in [0.2, 0.25) is 5.02 Å². The highest BCUT2D eigenvalue weighted by molar-refractivity contribution is 7.92. The van der Waals surface area contributed by atoms with Crippen molar-refractivity contribution in [2.24, 2.45) is 0 Å². The molecule has 1 heterocycles. The lowest BCUT2D eigenvalue weighted by atomic mass is 10.2. The van der Waals surface area contributed by atoms with Crippen LogP contribution in [-0.4, -0.2) is 23.9 Å². The van der Waals surface area contributed by atoms with Crippen LogP contribution in [-0.2, 0) is 21.4 Å². The molecular weight excluding hydrogens is 448 g/mol. The summed E-state index contributed by atoms with van der Waals surface area (Å²) < 4.78 is 30.2. The smallest absolute Gasteiger partial charge is 0.262 e. The Labute approximate surface area is 191 Å². The van der Waals surface area contributed by atoms with Gasteiger partial charge in [0.2, 0.25) is 5.91 Å². The molecule has 0 fully saturated rings. The summed E-state index contributed by atoms with van der Waals surface area (Å²) in [5.74, 6) is -0.224. The van der Waals surface area contributed by atoms with E-state index < -0.39 is 10.0 Å². The number of fused-ring (bicyclic) bond motifs is 1. The van der Waals surface area contributed by atoms with Crippen molar-refractivity contribution >= 4 is 49.9 Å². The molecule has 0 spiro atoms. The minimum Gasteiger partial charge on any atom is -0.330 e. The van der Waals surface area contributed by atoms with E-state index >= 15 is 0 Å². The van der Waals surface area contributed by atoms with E-state index in [0.717, 1.165) is 11.0 Å². The SMILES string of the molecule is Cc1ccc(NC(=O)CCn2cnc3ccccc32)cc1S(=O)(=O)Nc1cccc(Cl)c1. The number of halogens is 1. The molecule has 164 valence electrons. The number of sulfonamides is 1. The molecule has 9 heteroatoms. The number of nitrogens with zero attached hydrogens (tertiary/aromatic N) is 2. The molecule has 2 N–H and O–H groups in total. The van der Waals surface area contributed by atoms with Gasteiger partial charge in [0, 0.05) is 23.7 Å². The first-order valence-corrected chi connectivity index (χ1v) is 11.8. The van der Waals surface area contributed by atoms with E-state index in [-0.39, 0.29) is 17.2 Å². The van der Waals surface area contributed by atoms with E-state index in [0.29, 0.717) is 28.5 Å². The molecule has 0 bridgehead atoms. The number of aryl methyl sites for hydroxylation is 2. The van der Waals surface area contributed by atoms with Gasteiger partial charge in [0.25, 0.3) is 10.0 Å². The van der Waals surface area contributed by atoms with E-state index in [2.05, 4.69) is 15.0 Å². The first-order chi connectivity index (χ1) is 15.3. The van der Waals surface area contributed by atoms with E-state index in [1.165, 1.54) is 12.1 Å². The molecule has 0 unspecified atom stereocenters. The van der Waals surface area contributed by atoms with Crippen molar-refractivity contribution in [1.29, 1.82) is 0 Å². The topological polar surface area (TPSA) is 93.1 Å². The number of carbonyl (C=O) groups is 1. The molecule has 0 radical (unpaired) electrons. The third-order valence-electron chi connectivity index (χ3n) is 4.95. The summed E-state index contributed by atoms with van der Waals surface area (Å²) in [5.41, 5.74) is 3.15. The van der Waals surface area contributed by atoms with Crippen molar-refractivity contribution in [3.8, 4) is 0 Å². The highest BCUT2D eigenvalue weighted by Gasteiger charge is 2.18. The van der Waals surface area contributed by atoms with E-state index in [1.54, 1.807) is 43.6 Å². The second-order valence-corrected chi connectivity index (χ2v) is 9.41. The van der Waals surface area contributed by atoms with Crippen LogP contribution in [0.1, 0.15) is 12.0 Å². The molecule has 7 nitrogen and oxygen atoms in total. The van der Waals surface area contributed by atoms with Crippen molar-refractivity contribution in [3.63, 3.8) is 0 Å². The van der Waals surface area contributed by atoms with Crippen molar-refractivity contribution in [2.75, 3.05) is 10.0 Å². The molecule has 0 aliphatic heterocycles. The Balaban J connectivity index is 1.46. The van der Waals surface area contributed by atoms with Crippen LogP contribution in [0, 0.1) is 6.92 Å². The van der Waals surface area contributed by atoms with Gasteiger partial charge in [0.05, 0.1) is 27.9 Å². The van der Waals surface area contributed by atoms with Crippen molar-refractivity contribution in [2.45, 2.75) is 24.8 Å². The summed E-state index contributed by atoms with van der Waals surface area (Å²) >= 11 is 5.94. The van der Waals surface area contributed by atoms with Crippen LogP contribution >= 0.6 is 11.6 Å². The number of benzene rings is 3. The molecule has 4 rings (SSSR count).